The first-order valence-corrected chi connectivity index (χ1v) is 5.39. The summed E-state index contributed by atoms with van der Waals surface area (Å²) < 4.78 is 6.08. The van der Waals surface area contributed by atoms with E-state index >= 15 is 0 Å². The maximum absolute atomic E-state index is 11.4. The second-order valence-corrected chi connectivity index (χ2v) is 3.57. The Morgan fingerprint density at radius 1 is 1.53 bits per heavy atom. The maximum Gasteiger partial charge on any atom is 0.413 e. The summed E-state index contributed by atoms with van der Waals surface area (Å²) in [5.41, 5.74) is 0.296. The van der Waals surface area contributed by atoms with Crippen LogP contribution in [0.4, 0.5) is 10.6 Å². The molecular weight excluding hydrogens is 250 g/mol. The molecule has 2 heterocycles. The van der Waals surface area contributed by atoms with Gasteiger partial charge in [-0.05, 0) is 12.1 Å². The molecule has 7 heteroatoms. The summed E-state index contributed by atoms with van der Waals surface area (Å²) in [5, 5.41) is 15.5. The van der Waals surface area contributed by atoms with Crippen molar-refractivity contribution >= 4 is 23.4 Å². The molecule has 19 heavy (non-hydrogen) atoms. The Kier molecular flexibility index (Phi) is 3.46. The zero-order valence-corrected chi connectivity index (χ0v) is 9.87. The van der Waals surface area contributed by atoms with Crippen LogP contribution in [0.15, 0.2) is 37.1 Å². The highest BCUT2D eigenvalue weighted by molar-refractivity contribution is 6.03. The van der Waals surface area contributed by atoms with Gasteiger partial charge in [0.05, 0.1) is 5.52 Å². The second kappa shape index (κ2) is 5.21. The van der Waals surface area contributed by atoms with E-state index in [2.05, 4.69) is 17.0 Å². The molecule has 0 bridgehead atoms. The first kappa shape index (κ1) is 12.6. The highest BCUT2D eigenvalue weighted by Crippen LogP contribution is 2.20. The van der Waals surface area contributed by atoms with Crippen LogP contribution in [0.3, 0.4) is 0 Å². The highest BCUT2D eigenvalue weighted by Gasteiger charge is 2.20. The number of hydrogen-bond donors (Lipinski definition) is 2. The Morgan fingerprint density at radius 3 is 3.00 bits per heavy atom. The number of fused-ring (bicyclic) bond motifs is 1. The van der Waals surface area contributed by atoms with Crippen LogP contribution in [0.5, 0.6) is 0 Å². The van der Waals surface area contributed by atoms with Crippen LogP contribution < -0.4 is 5.32 Å². The largest absolute Gasteiger partial charge is 0.477 e. The normalized spacial score (nSPS) is 10.1. The smallest absolute Gasteiger partial charge is 0.413 e. The second-order valence-electron chi connectivity index (χ2n) is 3.57. The van der Waals surface area contributed by atoms with Crippen LogP contribution in [0.25, 0.3) is 5.52 Å². The standard InChI is InChI=1S/C12H11N3O4/c1-2-7-19-12(18)13-10-9(11(16)17)8-5-3-4-6-15(8)14-10/h2-6H,1,7H2,(H,16,17)(H,13,14,18). The molecule has 0 aromatic carbocycles. The van der Waals surface area contributed by atoms with E-state index in [9.17, 15) is 14.7 Å². The number of hydrogen-bond acceptors (Lipinski definition) is 4. The van der Waals surface area contributed by atoms with Gasteiger partial charge in [0.15, 0.2) is 5.82 Å². The predicted octanol–water partition coefficient (Wildman–Crippen LogP) is 1.77. The molecule has 2 aromatic rings. The minimum atomic E-state index is -1.18. The van der Waals surface area contributed by atoms with Gasteiger partial charge in [-0.25, -0.2) is 14.1 Å². The summed E-state index contributed by atoms with van der Waals surface area (Å²) in [6.45, 7) is 3.43. The van der Waals surface area contributed by atoms with Crippen molar-refractivity contribution in [2.75, 3.05) is 11.9 Å². The molecule has 0 aliphatic heterocycles. The van der Waals surface area contributed by atoms with Crippen LogP contribution in [0.1, 0.15) is 10.4 Å². The fourth-order valence-electron chi connectivity index (χ4n) is 1.56. The first-order valence-electron chi connectivity index (χ1n) is 5.39. The Balaban J connectivity index is 2.36. The number of nitrogens with zero attached hydrogens (tertiary/aromatic N) is 2. The number of anilines is 1. The summed E-state index contributed by atoms with van der Waals surface area (Å²) >= 11 is 0. The number of carbonyl (C=O) groups is 2. The number of aromatic carboxylic acids is 1. The Labute approximate surface area is 108 Å². The molecule has 0 aliphatic rings. The maximum atomic E-state index is 11.4. The van der Waals surface area contributed by atoms with E-state index in [0.29, 0.717) is 5.52 Å². The van der Waals surface area contributed by atoms with Gasteiger partial charge < -0.3 is 9.84 Å². The number of carbonyl (C=O) groups excluding carboxylic acids is 1. The van der Waals surface area contributed by atoms with Crippen molar-refractivity contribution in [1.29, 1.82) is 0 Å². The summed E-state index contributed by atoms with van der Waals surface area (Å²) in [7, 11) is 0. The summed E-state index contributed by atoms with van der Waals surface area (Å²) in [6, 6.07) is 4.98. The van der Waals surface area contributed by atoms with Crippen molar-refractivity contribution in [3.05, 3.63) is 42.6 Å². The zero-order chi connectivity index (χ0) is 13.8. The number of rotatable bonds is 4. The number of carboxylic acids is 1. The number of amides is 1. The van der Waals surface area contributed by atoms with E-state index in [1.54, 1.807) is 24.4 Å². The minimum Gasteiger partial charge on any atom is -0.477 e. The molecule has 1 amide bonds. The van der Waals surface area contributed by atoms with Crippen molar-refractivity contribution in [1.82, 2.24) is 9.61 Å². The lowest BCUT2D eigenvalue weighted by atomic mass is 10.2. The van der Waals surface area contributed by atoms with Gasteiger partial charge >= 0.3 is 12.1 Å². The molecule has 0 saturated heterocycles. The molecule has 0 unspecified atom stereocenters. The molecule has 0 radical (unpaired) electrons. The zero-order valence-electron chi connectivity index (χ0n) is 9.87. The lowest BCUT2D eigenvalue weighted by Crippen LogP contribution is -2.16. The molecule has 0 atom stereocenters. The van der Waals surface area contributed by atoms with E-state index < -0.39 is 12.1 Å². The van der Waals surface area contributed by atoms with E-state index in [4.69, 9.17) is 4.74 Å². The van der Waals surface area contributed by atoms with Gasteiger partial charge in [-0.2, -0.15) is 0 Å². The molecular formula is C12H11N3O4. The Morgan fingerprint density at radius 2 is 2.32 bits per heavy atom. The quantitative estimate of drug-likeness (QED) is 0.818. The number of aromatic nitrogens is 2. The van der Waals surface area contributed by atoms with Crippen molar-refractivity contribution in [2.24, 2.45) is 0 Å². The molecule has 2 N–H and O–H groups in total. The average Bonchev–Trinajstić information content (AvgIpc) is 2.74. The van der Waals surface area contributed by atoms with Gasteiger partial charge in [0.2, 0.25) is 0 Å². The fraction of sp³-hybridized carbons (Fsp3) is 0.0833. The van der Waals surface area contributed by atoms with Gasteiger partial charge in [-0.3, -0.25) is 5.32 Å². The lowest BCUT2D eigenvalue weighted by molar-refractivity contribution is 0.0700. The minimum absolute atomic E-state index is 0.0294. The molecule has 2 aromatic heterocycles. The molecule has 0 aliphatic carbocycles. The van der Waals surface area contributed by atoms with Crippen LogP contribution in [0.2, 0.25) is 0 Å². The van der Waals surface area contributed by atoms with Gasteiger partial charge in [0.25, 0.3) is 0 Å². The third-order valence-corrected chi connectivity index (χ3v) is 2.31. The molecule has 7 nitrogen and oxygen atoms in total. The summed E-state index contributed by atoms with van der Waals surface area (Å²) in [5.74, 6) is -1.24. The number of ether oxygens (including phenoxy) is 1. The summed E-state index contributed by atoms with van der Waals surface area (Å²) in [4.78, 5) is 22.6. The molecule has 98 valence electrons. The number of carboxylic acid groups (broad SMARTS) is 1. The van der Waals surface area contributed by atoms with Gasteiger partial charge in [0.1, 0.15) is 12.2 Å². The van der Waals surface area contributed by atoms with Crippen LogP contribution in [-0.4, -0.2) is 33.4 Å². The van der Waals surface area contributed by atoms with E-state index in [1.165, 1.54) is 10.6 Å². The van der Waals surface area contributed by atoms with Crippen LogP contribution >= 0.6 is 0 Å². The highest BCUT2D eigenvalue weighted by atomic mass is 16.5. The number of nitrogens with one attached hydrogen (secondary N) is 1. The first-order chi connectivity index (χ1) is 9.13. The van der Waals surface area contributed by atoms with E-state index in [0.717, 1.165) is 0 Å². The van der Waals surface area contributed by atoms with Crippen molar-refractivity contribution in [3.63, 3.8) is 0 Å². The summed E-state index contributed by atoms with van der Waals surface area (Å²) in [6.07, 6.45) is 2.20. The fourth-order valence-corrected chi connectivity index (χ4v) is 1.56. The van der Waals surface area contributed by atoms with Crippen molar-refractivity contribution in [3.8, 4) is 0 Å². The van der Waals surface area contributed by atoms with E-state index in [1.807, 2.05) is 0 Å². The van der Waals surface area contributed by atoms with Crippen LogP contribution in [0, 0.1) is 0 Å². The Hall–Kier alpha value is -2.83. The topological polar surface area (TPSA) is 92.9 Å². The van der Waals surface area contributed by atoms with Gasteiger partial charge in [-0.15, -0.1) is 5.10 Å². The third kappa shape index (κ3) is 2.54. The third-order valence-electron chi connectivity index (χ3n) is 2.31. The lowest BCUT2D eigenvalue weighted by Gasteiger charge is -2.02. The number of pyridine rings is 1. The van der Waals surface area contributed by atoms with Crippen molar-refractivity contribution < 1.29 is 19.4 Å². The predicted molar refractivity (Wildman–Crippen MR) is 67.3 cm³/mol. The molecule has 2 rings (SSSR count). The Bertz CT molecular complexity index is 647. The van der Waals surface area contributed by atoms with Crippen LogP contribution in [-0.2, 0) is 4.74 Å². The van der Waals surface area contributed by atoms with Gasteiger partial charge in [0, 0.05) is 6.20 Å². The SMILES string of the molecule is C=CCOC(=O)Nc1nn2ccccc2c1C(=O)O. The molecule has 0 fully saturated rings. The van der Waals surface area contributed by atoms with Gasteiger partial charge in [-0.1, -0.05) is 18.7 Å². The molecule has 0 saturated carbocycles. The van der Waals surface area contributed by atoms with Crippen molar-refractivity contribution in [2.45, 2.75) is 0 Å². The molecule has 0 spiro atoms. The van der Waals surface area contributed by atoms with E-state index in [-0.39, 0.29) is 18.0 Å². The average molecular weight is 261 g/mol. The monoisotopic (exact) mass is 261 g/mol.